The number of nitrogens with one attached hydrogen (secondary N) is 1. The van der Waals surface area contributed by atoms with Crippen molar-refractivity contribution in [1.29, 1.82) is 5.26 Å². The van der Waals surface area contributed by atoms with E-state index in [0.717, 1.165) is 6.92 Å². The number of aliphatic hydroxyl groups is 1. The molecule has 1 atom stereocenters. The Labute approximate surface area is 119 Å². The predicted molar refractivity (Wildman–Crippen MR) is 71.7 cm³/mol. The van der Waals surface area contributed by atoms with Crippen LogP contribution in [0.2, 0.25) is 5.02 Å². The summed E-state index contributed by atoms with van der Waals surface area (Å²) in [5, 5.41) is 30.7. The van der Waals surface area contributed by atoms with Gasteiger partial charge in [0.2, 0.25) is 0 Å². The van der Waals surface area contributed by atoms with Crippen molar-refractivity contribution in [3.05, 3.63) is 29.0 Å². The molecule has 104 valence electrons. The van der Waals surface area contributed by atoms with E-state index in [1.165, 1.54) is 4.40 Å². The van der Waals surface area contributed by atoms with E-state index in [-0.39, 0.29) is 18.1 Å². The van der Waals surface area contributed by atoms with Gasteiger partial charge < -0.3 is 15.5 Å². The number of nitriles is 1. The number of halogens is 1. The first-order valence-electron chi connectivity index (χ1n) is 5.62. The fourth-order valence-corrected chi connectivity index (χ4v) is 1.74. The fraction of sp³-hybridized carbons (Fsp3) is 0.250. The molecule has 0 radical (unpaired) electrons. The van der Waals surface area contributed by atoms with Crippen LogP contribution < -0.4 is 5.32 Å². The third kappa shape index (κ3) is 2.52. The Kier molecular flexibility index (Phi) is 3.53. The Hall–Kier alpha value is -2.30. The summed E-state index contributed by atoms with van der Waals surface area (Å²) in [6.07, 6.45) is 1.59. The summed E-state index contributed by atoms with van der Waals surface area (Å²) in [6, 6.07) is 5.15. The minimum absolute atomic E-state index is 0.191. The number of fused-ring (bicyclic) bond motifs is 1. The maximum atomic E-state index is 10.8. The Morgan fingerprint density at radius 1 is 1.70 bits per heavy atom. The van der Waals surface area contributed by atoms with E-state index >= 15 is 0 Å². The number of hydrogen-bond donors (Lipinski definition) is 3. The van der Waals surface area contributed by atoms with E-state index in [1.807, 2.05) is 6.07 Å². The van der Waals surface area contributed by atoms with Crippen LogP contribution in [0.25, 0.3) is 5.65 Å². The van der Waals surface area contributed by atoms with Crippen LogP contribution in [0.3, 0.4) is 0 Å². The average molecular weight is 295 g/mol. The number of carboxylic acids is 1. The maximum Gasteiger partial charge on any atom is 0.337 e. The van der Waals surface area contributed by atoms with E-state index in [0.29, 0.717) is 10.7 Å². The fourth-order valence-electron chi connectivity index (χ4n) is 1.58. The lowest BCUT2D eigenvalue weighted by Crippen LogP contribution is -2.42. The number of carbonyl (C=O) groups is 1. The van der Waals surface area contributed by atoms with Crippen LogP contribution in [0.4, 0.5) is 5.82 Å². The number of pyridine rings is 1. The highest BCUT2D eigenvalue weighted by molar-refractivity contribution is 6.30. The highest BCUT2D eigenvalue weighted by atomic mass is 35.5. The molecule has 0 saturated carbocycles. The monoisotopic (exact) mass is 294 g/mol. The predicted octanol–water partition coefficient (Wildman–Crippen LogP) is 1.11. The number of imidazole rings is 1. The normalized spacial score (nSPS) is 13.7. The van der Waals surface area contributed by atoms with Crippen LogP contribution in [0, 0.1) is 11.3 Å². The van der Waals surface area contributed by atoms with Crippen molar-refractivity contribution in [3.8, 4) is 6.07 Å². The summed E-state index contributed by atoms with van der Waals surface area (Å²) >= 11 is 5.84. The zero-order chi connectivity index (χ0) is 14.9. The van der Waals surface area contributed by atoms with Crippen LogP contribution in [-0.2, 0) is 4.79 Å². The van der Waals surface area contributed by atoms with Gasteiger partial charge in [-0.15, -0.1) is 0 Å². The maximum absolute atomic E-state index is 10.8. The summed E-state index contributed by atoms with van der Waals surface area (Å²) in [6.45, 7) is 0.871. The molecule has 0 aromatic carbocycles. The first-order valence-corrected chi connectivity index (χ1v) is 6.00. The van der Waals surface area contributed by atoms with Crippen LogP contribution in [0.1, 0.15) is 12.6 Å². The van der Waals surface area contributed by atoms with Crippen molar-refractivity contribution in [2.45, 2.75) is 12.5 Å². The third-order valence-electron chi connectivity index (χ3n) is 2.75. The lowest BCUT2D eigenvalue weighted by molar-refractivity contribution is -0.155. The highest BCUT2D eigenvalue weighted by Crippen LogP contribution is 2.20. The van der Waals surface area contributed by atoms with E-state index in [2.05, 4.69) is 10.3 Å². The summed E-state index contributed by atoms with van der Waals surface area (Å²) in [5.41, 5.74) is -1.30. The van der Waals surface area contributed by atoms with Gasteiger partial charge in [0.05, 0.1) is 6.54 Å². The van der Waals surface area contributed by atoms with E-state index in [1.54, 1.807) is 18.3 Å². The quantitative estimate of drug-likeness (QED) is 0.779. The van der Waals surface area contributed by atoms with E-state index in [4.69, 9.17) is 22.0 Å². The number of aliphatic carboxylic acids is 1. The molecule has 2 heterocycles. The standard InChI is InChI=1S/C12H11ClN4O3/c1-12(20,11(18)19)6-15-10-8(5-14)17-3-2-7(13)4-9(17)16-10/h2-4,15,20H,6H2,1H3,(H,18,19). The van der Waals surface area contributed by atoms with Crippen molar-refractivity contribution < 1.29 is 15.0 Å². The molecule has 0 aliphatic rings. The zero-order valence-electron chi connectivity index (χ0n) is 10.5. The number of rotatable bonds is 4. The van der Waals surface area contributed by atoms with Gasteiger partial charge in [-0.05, 0) is 13.0 Å². The lowest BCUT2D eigenvalue weighted by atomic mass is 10.1. The molecule has 0 spiro atoms. The molecule has 2 aromatic rings. The van der Waals surface area contributed by atoms with Gasteiger partial charge in [0.25, 0.3) is 0 Å². The van der Waals surface area contributed by atoms with Gasteiger partial charge in [0, 0.05) is 17.3 Å². The molecule has 1 unspecified atom stereocenters. The van der Waals surface area contributed by atoms with Crippen molar-refractivity contribution in [2.75, 3.05) is 11.9 Å². The number of nitrogens with zero attached hydrogens (tertiary/aromatic N) is 3. The molecular formula is C12H11ClN4O3. The van der Waals surface area contributed by atoms with Gasteiger partial charge in [-0.3, -0.25) is 4.40 Å². The van der Waals surface area contributed by atoms with Crippen LogP contribution in [0.15, 0.2) is 18.3 Å². The smallest absolute Gasteiger partial charge is 0.337 e. The first-order chi connectivity index (χ1) is 9.35. The van der Waals surface area contributed by atoms with Gasteiger partial charge in [0.1, 0.15) is 11.7 Å². The Balaban J connectivity index is 2.36. The largest absolute Gasteiger partial charge is 0.479 e. The van der Waals surface area contributed by atoms with Crippen LogP contribution in [-0.4, -0.2) is 37.7 Å². The third-order valence-corrected chi connectivity index (χ3v) is 2.99. The minimum atomic E-state index is -1.96. The molecule has 0 fully saturated rings. The number of aromatic nitrogens is 2. The molecule has 0 bridgehead atoms. The van der Waals surface area contributed by atoms with Crippen LogP contribution in [0.5, 0.6) is 0 Å². The second-order valence-corrected chi connectivity index (χ2v) is 4.86. The van der Waals surface area contributed by atoms with E-state index in [9.17, 15) is 9.90 Å². The Morgan fingerprint density at radius 2 is 2.40 bits per heavy atom. The first kappa shape index (κ1) is 14.1. The molecule has 3 N–H and O–H groups in total. The molecule has 7 nitrogen and oxygen atoms in total. The summed E-state index contributed by atoms with van der Waals surface area (Å²) in [4.78, 5) is 15.0. The summed E-state index contributed by atoms with van der Waals surface area (Å²) < 4.78 is 1.52. The number of hydrogen-bond acceptors (Lipinski definition) is 5. The molecule has 0 aliphatic heterocycles. The molecule has 8 heteroatoms. The summed E-state index contributed by atoms with van der Waals surface area (Å²) in [7, 11) is 0. The van der Waals surface area contributed by atoms with Crippen LogP contribution >= 0.6 is 11.6 Å². The number of anilines is 1. The van der Waals surface area contributed by atoms with Gasteiger partial charge in [0.15, 0.2) is 17.1 Å². The van der Waals surface area contributed by atoms with Crippen molar-refractivity contribution >= 4 is 29.0 Å². The Bertz CT molecular complexity index is 717. The second kappa shape index (κ2) is 5.00. The molecule has 20 heavy (non-hydrogen) atoms. The van der Waals surface area contributed by atoms with Crippen molar-refractivity contribution in [2.24, 2.45) is 0 Å². The van der Waals surface area contributed by atoms with Gasteiger partial charge in [-0.1, -0.05) is 11.6 Å². The van der Waals surface area contributed by atoms with E-state index < -0.39 is 11.6 Å². The number of carboxylic acid groups (broad SMARTS) is 1. The molecular weight excluding hydrogens is 284 g/mol. The SMILES string of the molecule is CC(O)(CNc1nc2cc(Cl)ccn2c1C#N)C(=O)O. The average Bonchev–Trinajstić information content (AvgIpc) is 2.72. The van der Waals surface area contributed by atoms with Gasteiger partial charge >= 0.3 is 5.97 Å². The molecule has 2 rings (SSSR count). The van der Waals surface area contributed by atoms with Gasteiger partial charge in [-0.25, -0.2) is 9.78 Å². The highest BCUT2D eigenvalue weighted by Gasteiger charge is 2.30. The molecule has 2 aromatic heterocycles. The van der Waals surface area contributed by atoms with Gasteiger partial charge in [-0.2, -0.15) is 5.26 Å². The van der Waals surface area contributed by atoms with Crippen molar-refractivity contribution in [1.82, 2.24) is 9.38 Å². The second-order valence-electron chi connectivity index (χ2n) is 4.43. The topological polar surface area (TPSA) is 111 Å². The zero-order valence-corrected chi connectivity index (χ0v) is 11.2. The molecule has 0 saturated heterocycles. The van der Waals surface area contributed by atoms with Crippen molar-refractivity contribution in [3.63, 3.8) is 0 Å². The Morgan fingerprint density at radius 3 is 3.00 bits per heavy atom. The lowest BCUT2D eigenvalue weighted by Gasteiger charge is -2.17. The molecule has 0 amide bonds. The molecule has 0 aliphatic carbocycles. The minimum Gasteiger partial charge on any atom is -0.479 e. The summed E-state index contributed by atoms with van der Waals surface area (Å²) in [5.74, 6) is -1.17.